The van der Waals surface area contributed by atoms with Crippen molar-refractivity contribution in [3.05, 3.63) is 29.8 Å². The van der Waals surface area contributed by atoms with Crippen molar-refractivity contribution in [3.8, 4) is 5.75 Å². The number of carbonyl (C=O) groups excluding carboxylic acids is 3. The molecule has 4 unspecified atom stereocenters. The molecule has 10 heteroatoms. The molecule has 0 bridgehead atoms. The van der Waals surface area contributed by atoms with Crippen molar-refractivity contribution in [2.75, 3.05) is 26.9 Å². The number of methoxy groups -OCH3 is 1. The smallest absolute Gasteiger partial charge is 0.407 e. The number of amides is 3. The van der Waals surface area contributed by atoms with E-state index in [2.05, 4.69) is 24.5 Å². The minimum absolute atomic E-state index is 0.0407. The summed E-state index contributed by atoms with van der Waals surface area (Å²) in [5.74, 6) is -0.110. The largest absolute Gasteiger partial charge is 0.493 e. The van der Waals surface area contributed by atoms with Crippen molar-refractivity contribution in [2.45, 2.75) is 111 Å². The molecule has 0 saturated carbocycles. The van der Waals surface area contributed by atoms with E-state index in [9.17, 15) is 19.5 Å². The van der Waals surface area contributed by atoms with Crippen LogP contribution >= 0.6 is 0 Å². The minimum atomic E-state index is -0.894. The summed E-state index contributed by atoms with van der Waals surface area (Å²) in [6.07, 6.45) is 4.08. The Morgan fingerprint density at radius 1 is 0.932 bits per heavy atom. The highest BCUT2D eigenvalue weighted by Gasteiger charge is 2.32. The van der Waals surface area contributed by atoms with Gasteiger partial charge in [0.15, 0.2) is 0 Å². The summed E-state index contributed by atoms with van der Waals surface area (Å²) in [5.41, 5.74) is 5.62. The molecule has 0 aliphatic heterocycles. The Morgan fingerprint density at radius 2 is 1.61 bits per heavy atom. The van der Waals surface area contributed by atoms with Crippen LogP contribution < -0.4 is 21.1 Å². The zero-order valence-electron chi connectivity index (χ0n) is 28.3. The topological polar surface area (TPSA) is 149 Å². The molecule has 0 radical (unpaired) electrons. The SMILES string of the molecule is COCCCOc1ccccc1C(=O)NC(C(N)=O)C(CCC(O)CC(CCCCNC(=O)OC(C)(C)C)C(C)C)C(C)C. The van der Waals surface area contributed by atoms with E-state index in [4.69, 9.17) is 19.9 Å². The van der Waals surface area contributed by atoms with Gasteiger partial charge in [-0.1, -0.05) is 52.7 Å². The van der Waals surface area contributed by atoms with Gasteiger partial charge in [-0.2, -0.15) is 0 Å². The molecule has 0 spiro atoms. The lowest BCUT2D eigenvalue weighted by Gasteiger charge is -2.30. The number of aliphatic hydroxyl groups is 1. The van der Waals surface area contributed by atoms with Crippen molar-refractivity contribution in [1.82, 2.24) is 10.6 Å². The summed E-state index contributed by atoms with van der Waals surface area (Å²) < 4.78 is 16.1. The van der Waals surface area contributed by atoms with Crippen LogP contribution in [0.4, 0.5) is 4.79 Å². The molecule has 3 amide bonds. The molecule has 0 aliphatic carbocycles. The minimum Gasteiger partial charge on any atom is -0.493 e. The van der Waals surface area contributed by atoms with E-state index in [-0.39, 0.29) is 11.8 Å². The zero-order valence-corrected chi connectivity index (χ0v) is 28.3. The first-order chi connectivity index (χ1) is 20.7. The molecule has 5 N–H and O–H groups in total. The molecular weight excluding hydrogens is 562 g/mol. The first-order valence-electron chi connectivity index (χ1n) is 16.1. The summed E-state index contributed by atoms with van der Waals surface area (Å²) in [6.45, 7) is 15.3. The van der Waals surface area contributed by atoms with E-state index < -0.39 is 35.7 Å². The van der Waals surface area contributed by atoms with E-state index in [1.165, 1.54) is 0 Å². The molecule has 0 aliphatic rings. The number of rotatable bonds is 21. The molecule has 0 heterocycles. The van der Waals surface area contributed by atoms with Crippen LogP contribution in [0.3, 0.4) is 0 Å². The summed E-state index contributed by atoms with van der Waals surface area (Å²) in [4.78, 5) is 37.7. The van der Waals surface area contributed by atoms with E-state index in [1.807, 2.05) is 34.6 Å². The second-order valence-electron chi connectivity index (χ2n) is 13.3. The molecule has 1 aromatic rings. The predicted molar refractivity (Wildman–Crippen MR) is 173 cm³/mol. The van der Waals surface area contributed by atoms with Crippen molar-refractivity contribution in [3.63, 3.8) is 0 Å². The Labute approximate surface area is 265 Å². The third-order valence-electron chi connectivity index (χ3n) is 7.78. The number of ether oxygens (including phenoxy) is 3. The molecule has 0 aromatic heterocycles. The fourth-order valence-corrected chi connectivity index (χ4v) is 5.27. The molecule has 0 saturated heterocycles. The average molecular weight is 622 g/mol. The number of aliphatic hydroxyl groups excluding tert-OH is 1. The Hall–Kier alpha value is -2.85. The number of alkyl carbamates (subject to hydrolysis) is 1. The normalized spacial score (nSPS) is 14.5. The number of primary amides is 1. The first-order valence-corrected chi connectivity index (χ1v) is 16.1. The molecule has 0 fully saturated rings. The maximum atomic E-state index is 13.3. The van der Waals surface area contributed by atoms with Gasteiger partial charge in [0, 0.05) is 26.7 Å². The van der Waals surface area contributed by atoms with Gasteiger partial charge >= 0.3 is 6.09 Å². The molecule has 44 heavy (non-hydrogen) atoms. The molecule has 1 aromatic carbocycles. The lowest BCUT2D eigenvalue weighted by atomic mass is 9.81. The van der Waals surface area contributed by atoms with Crippen LogP contribution in [0.5, 0.6) is 5.75 Å². The highest BCUT2D eigenvalue weighted by molar-refractivity contribution is 5.99. The fourth-order valence-electron chi connectivity index (χ4n) is 5.27. The average Bonchev–Trinajstić information content (AvgIpc) is 2.92. The van der Waals surface area contributed by atoms with Crippen LogP contribution in [0.15, 0.2) is 24.3 Å². The Morgan fingerprint density at radius 3 is 2.20 bits per heavy atom. The van der Waals surface area contributed by atoms with Crippen molar-refractivity contribution in [2.24, 2.45) is 29.4 Å². The summed E-state index contributed by atoms with van der Waals surface area (Å²) in [7, 11) is 1.62. The number of carbonyl (C=O) groups is 3. The van der Waals surface area contributed by atoms with Gasteiger partial charge in [0.05, 0.1) is 18.3 Å². The summed E-state index contributed by atoms with van der Waals surface area (Å²) in [6, 6.07) is 6.02. The summed E-state index contributed by atoms with van der Waals surface area (Å²) >= 11 is 0. The van der Waals surface area contributed by atoms with Gasteiger partial charge in [0.25, 0.3) is 5.91 Å². The Kier molecular flexibility index (Phi) is 18.0. The second-order valence-corrected chi connectivity index (χ2v) is 13.3. The molecule has 10 nitrogen and oxygen atoms in total. The van der Waals surface area contributed by atoms with Crippen LogP contribution in [-0.4, -0.2) is 67.6 Å². The lowest BCUT2D eigenvalue weighted by Crippen LogP contribution is -2.50. The van der Waals surface area contributed by atoms with Crippen LogP contribution in [0.2, 0.25) is 0 Å². The third-order valence-corrected chi connectivity index (χ3v) is 7.78. The van der Waals surface area contributed by atoms with Crippen LogP contribution in [0.1, 0.15) is 104 Å². The van der Waals surface area contributed by atoms with Gasteiger partial charge < -0.3 is 35.7 Å². The van der Waals surface area contributed by atoms with Gasteiger partial charge in [0.2, 0.25) is 5.91 Å². The van der Waals surface area contributed by atoms with Crippen LogP contribution in [0, 0.1) is 23.7 Å². The van der Waals surface area contributed by atoms with Crippen molar-refractivity contribution >= 4 is 17.9 Å². The summed E-state index contributed by atoms with van der Waals surface area (Å²) in [5, 5.41) is 16.7. The van der Waals surface area contributed by atoms with Crippen LogP contribution in [0.25, 0.3) is 0 Å². The monoisotopic (exact) mass is 621 g/mol. The number of unbranched alkanes of at least 4 members (excludes halogenated alkanes) is 1. The Balaban J connectivity index is 2.73. The fraction of sp³-hybridized carbons (Fsp3) is 0.735. The van der Waals surface area contributed by atoms with E-state index >= 15 is 0 Å². The van der Waals surface area contributed by atoms with Gasteiger partial charge in [-0.25, -0.2) is 4.79 Å². The number of hydrogen-bond donors (Lipinski definition) is 4. The first kappa shape index (κ1) is 39.2. The number of nitrogens with one attached hydrogen (secondary N) is 2. The predicted octanol–water partition coefficient (Wildman–Crippen LogP) is 5.46. The second kappa shape index (κ2) is 20.2. The van der Waals surface area contributed by atoms with Crippen LogP contribution in [-0.2, 0) is 14.3 Å². The standard InChI is InChI=1S/C34H59N3O7/c1-23(2)25(14-11-12-19-36-33(41)44-34(5,6)7)22-26(38)17-18-27(24(3)4)30(31(35)39)37-32(40)28-15-9-10-16-29(28)43-21-13-20-42-8/h9-10,15-16,23-27,30,38H,11-14,17-22H2,1-8H3,(H2,35,39)(H,36,41)(H,37,40). The highest BCUT2D eigenvalue weighted by atomic mass is 16.6. The molecular formula is C34H59N3O7. The molecule has 4 atom stereocenters. The van der Waals surface area contributed by atoms with Gasteiger partial charge in [-0.3, -0.25) is 9.59 Å². The van der Waals surface area contributed by atoms with Gasteiger partial charge in [0.1, 0.15) is 17.4 Å². The molecule has 252 valence electrons. The van der Waals surface area contributed by atoms with Gasteiger partial charge in [-0.05, 0) is 82.3 Å². The quantitative estimate of drug-likeness (QED) is 0.133. The number of hydrogen-bond acceptors (Lipinski definition) is 7. The lowest BCUT2D eigenvalue weighted by molar-refractivity contribution is -0.121. The van der Waals surface area contributed by atoms with E-state index in [0.717, 1.165) is 19.3 Å². The maximum Gasteiger partial charge on any atom is 0.407 e. The van der Waals surface area contributed by atoms with Crippen molar-refractivity contribution in [1.29, 1.82) is 0 Å². The van der Waals surface area contributed by atoms with E-state index in [1.54, 1.807) is 31.4 Å². The van der Waals surface area contributed by atoms with Gasteiger partial charge in [-0.15, -0.1) is 0 Å². The van der Waals surface area contributed by atoms with E-state index in [0.29, 0.717) is 68.6 Å². The zero-order chi connectivity index (χ0) is 33.3. The van der Waals surface area contributed by atoms with Crippen molar-refractivity contribution < 1.29 is 33.7 Å². The number of benzene rings is 1. The Bertz CT molecular complexity index is 993. The third kappa shape index (κ3) is 15.7. The highest BCUT2D eigenvalue weighted by Crippen LogP contribution is 2.28. The molecule has 1 rings (SSSR count). The number of para-hydroxylation sites is 1. The number of nitrogens with two attached hydrogens (primary N) is 1. The maximum absolute atomic E-state index is 13.3.